The Balaban J connectivity index is 1.44. The highest BCUT2D eigenvalue weighted by molar-refractivity contribution is 6.02. The van der Waals surface area contributed by atoms with Crippen LogP contribution in [0.1, 0.15) is 16.1 Å². The second-order valence-corrected chi connectivity index (χ2v) is 5.64. The zero-order chi connectivity index (χ0) is 18.6. The maximum absolute atomic E-state index is 12.3. The maximum atomic E-state index is 12.3. The van der Waals surface area contributed by atoms with E-state index in [9.17, 15) is 4.79 Å². The summed E-state index contributed by atoms with van der Waals surface area (Å²) in [6.07, 6.45) is 0. The van der Waals surface area contributed by atoms with E-state index in [0.717, 1.165) is 5.69 Å². The molecule has 2 N–H and O–H groups in total. The molecule has 1 aromatic heterocycles. The van der Waals surface area contributed by atoms with Crippen LogP contribution in [0, 0.1) is 11.3 Å². The van der Waals surface area contributed by atoms with Gasteiger partial charge in [-0.2, -0.15) is 5.26 Å². The van der Waals surface area contributed by atoms with Crippen LogP contribution in [0.25, 0.3) is 0 Å². The Morgan fingerprint density at radius 3 is 2.70 bits per heavy atom. The largest absolute Gasteiger partial charge is 0.454 e. The number of nitrogens with zero attached hydrogens (tertiary/aromatic N) is 3. The highest BCUT2D eigenvalue weighted by atomic mass is 16.7. The Labute approximate surface area is 154 Å². The van der Waals surface area contributed by atoms with Crippen molar-refractivity contribution < 1.29 is 14.3 Å². The number of fused-ring (bicyclic) bond motifs is 1. The summed E-state index contributed by atoms with van der Waals surface area (Å²) in [5.74, 6) is 1.42. The molecule has 1 aliphatic heterocycles. The predicted molar refractivity (Wildman–Crippen MR) is 97.0 cm³/mol. The average molecular weight is 359 g/mol. The molecule has 0 atom stereocenters. The first-order chi connectivity index (χ1) is 13.2. The second kappa shape index (κ2) is 7.01. The number of ether oxygens (including phenoxy) is 2. The van der Waals surface area contributed by atoms with E-state index in [4.69, 9.17) is 14.7 Å². The first-order valence-electron chi connectivity index (χ1n) is 8.03. The van der Waals surface area contributed by atoms with Crippen LogP contribution in [-0.2, 0) is 0 Å². The third-order valence-corrected chi connectivity index (χ3v) is 3.79. The van der Waals surface area contributed by atoms with Crippen LogP contribution in [0.3, 0.4) is 0 Å². The number of hydrogen-bond acceptors (Lipinski definition) is 7. The fraction of sp³-hybridized carbons (Fsp3) is 0.0526. The molecule has 0 aliphatic carbocycles. The Morgan fingerprint density at radius 1 is 1.00 bits per heavy atom. The van der Waals surface area contributed by atoms with Gasteiger partial charge in [0.15, 0.2) is 23.0 Å². The third-order valence-electron chi connectivity index (χ3n) is 3.79. The summed E-state index contributed by atoms with van der Waals surface area (Å²) in [5, 5.41) is 22.6. The van der Waals surface area contributed by atoms with Crippen LogP contribution in [0.15, 0.2) is 54.6 Å². The normalized spacial score (nSPS) is 11.5. The van der Waals surface area contributed by atoms with Gasteiger partial charge in [-0.05, 0) is 42.5 Å². The fourth-order valence-electron chi connectivity index (χ4n) is 2.50. The van der Waals surface area contributed by atoms with Gasteiger partial charge in [-0.15, -0.1) is 10.2 Å². The molecule has 2 aromatic carbocycles. The van der Waals surface area contributed by atoms with Gasteiger partial charge in [0.05, 0.1) is 11.6 Å². The van der Waals surface area contributed by atoms with Gasteiger partial charge in [0.1, 0.15) is 0 Å². The lowest BCUT2D eigenvalue weighted by molar-refractivity contribution is 0.102. The number of carbonyl (C=O) groups is 1. The standard InChI is InChI=1S/C19H13N5O3/c20-10-12-2-1-3-13(8-12)22-19(25)15-5-7-18(24-23-15)21-14-4-6-16-17(9-14)27-11-26-16/h1-9H,11H2,(H,21,24)(H,22,25). The van der Waals surface area contributed by atoms with Crippen molar-refractivity contribution in [2.24, 2.45) is 0 Å². The molecule has 0 saturated heterocycles. The SMILES string of the molecule is N#Cc1cccc(NC(=O)c2ccc(Nc3ccc4c(c3)OCO4)nn2)c1. The lowest BCUT2D eigenvalue weighted by Crippen LogP contribution is -2.14. The molecule has 8 nitrogen and oxygen atoms in total. The predicted octanol–water partition coefficient (Wildman–Crippen LogP) is 3.07. The zero-order valence-electron chi connectivity index (χ0n) is 14.0. The van der Waals surface area contributed by atoms with E-state index in [1.165, 1.54) is 0 Å². The molecule has 27 heavy (non-hydrogen) atoms. The van der Waals surface area contributed by atoms with Crippen molar-refractivity contribution >= 4 is 23.1 Å². The molecule has 0 fully saturated rings. The molecule has 3 aromatic rings. The highest BCUT2D eigenvalue weighted by Crippen LogP contribution is 2.34. The van der Waals surface area contributed by atoms with Gasteiger partial charge in [-0.1, -0.05) is 6.07 Å². The summed E-state index contributed by atoms with van der Waals surface area (Å²) in [5.41, 5.74) is 1.90. The number of aromatic nitrogens is 2. The molecule has 0 bridgehead atoms. The Hall–Kier alpha value is -4.12. The third kappa shape index (κ3) is 3.62. The van der Waals surface area contributed by atoms with E-state index in [-0.39, 0.29) is 12.5 Å². The number of hydrogen-bond donors (Lipinski definition) is 2. The number of carbonyl (C=O) groups excluding carboxylic acids is 1. The lowest BCUT2D eigenvalue weighted by Gasteiger charge is -2.07. The average Bonchev–Trinajstić information content (AvgIpc) is 3.16. The Bertz CT molecular complexity index is 1040. The van der Waals surface area contributed by atoms with Crippen LogP contribution in [0.4, 0.5) is 17.2 Å². The lowest BCUT2D eigenvalue weighted by atomic mass is 10.2. The minimum atomic E-state index is -0.410. The van der Waals surface area contributed by atoms with Crippen LogP contribution in [0.2, 0.25) is 0 Å². The number of benzene rings is 2. The molecule has 1 aliphatic rings. The maximum Gasteiger partial charge on any atom is 0.276 e. The van der Waals surface area contributed by atoms with Gasteiger partial charge in [0, 0.05) is 17.4 Å². The summed E-state index contributed by atoms with van der Waals surface area (Å²) in [6.45, 7) is 0.208. The smallest absolute Gasteiger partial charge is 0.276 e. The quantitative estimate of drug-likeness (QED) is 0.737. The van der Waals surface area contributed by atoms with E-state index >= 15 is 0 Å². The van der Waals surface area contributed by atoms with Gasteiger partial charge >= 0.3 is 0 Å². The number of amides is 1. The van der Waals surface area contributed by atoms with Crippen LogP contribution in [-0.4, -0.2) is 22.9 Å². The molecule has 0 saturated carbocycles. The number of nitrogens with one attached hydrogen (secondary N) is 2. The zero-order valence-corrected chi connectivity index (χ0v) is 14.0. The summed E-state index contributed by atoms with van der Waals surface area (Å²) in [6, 6.07) is 17.3. The van der Waals surface area contributed by atoms with Gasteiger partial charge < -0.3 is 20.1 Å². The molecule has 2 heterocycles. The highest BCUT2D eigenvalue weighted by Gasteiger charge is 2.14. The minimum absolute atomic E-state index is 0.161. The van der Waals surface area contributed by atoms with Crippen LogP contribution >= 0.6 is 0 Å². The van der Waals surface area contributed by atoms with E-state index in [1.54, 1.807) is 48.5 Å². The Morgan fingerprint density at radius 2 is 1.89 bits per heavy atom. The van der Waals surface area contributed by atoms with E-state index in [0.29, 0.717) is 28.6 Å². The second-order valence-electron chi connectivity index (χ2n) is 5.64. The molecular weight excluding hydrogens is 346 g/mol. The van der Waals surface area contributed by atoms with Crippen molar-refractivity contribution in [1.82, 2.24) is 10.2 Å². The molecule has 132 valence electrons. The molecule has 4 rings (SSSR count). The molecule has 0 radical (unpaired) electrons. The fourth-order valence-corrected chi connectivity index (χ4v) is 2.50. The summed E-state index contributed by atoms with van der Waals surface area (Å²) < 4.78 is 10.6. The van der Waals surface area contributed by atoms with E-state index in [1.807, 2.05) is 12.1 Å². The van der Waals surface area contributed by atoms with Gasteiger partial charge in [0.25, 0.3) is 5.91 Å². The summed E-state index contributed by atoms with van der Waals surface area (Å²) in [4.78, 5) is 12.3. The Kier molecular flexibility index (Phi) is 4.25. The molecule has 0 unspecified atom stereocenters. The first kappa shape index (κ1) is 16.4. The van der Waals surface area contributed by atoms with Crippen molar-refractivity contribution in [1.29, 1.82) is 5.26 Å². The van der Waals surface area contributed by atoms with E-state index in [2.05, 4.69) is 20.8 Å². The van der Waals surface area contributed by atoms with Crippen LogP contribution < -0.4 is 20.1 Å². The number of rotatable bonds is 4. The first-order valence-corrected chi connectivity index (χ1v) is 8.03. The molecular formula is C19H13N5O3. The minimum Gasteiger partial charge on any atom is -0.454 e. The summed E-state index contributed by atoms with van der Waals surface area (Å²) in [7, 11) is 0. The van der Waals surface area contributed by atoms with Gasteiger partial charge in [-0.3, -0.25) is 4.79 Å². The van der Waals surface area contributed by atoms with Crippen LogP contribution in [0.5, 0.6) is 11.5 Å². The molecule has 0 spiro atoms. The van der Waals surface area contributed by atoms with Crippen molar-refractivity contribution in [3.8, 4) is 17.6 Å². The van der Waals surface area contributed by atoms with Crippen molar-refractivity contribution in [3.05, 3.63) is 65.9 Å². The number of anilines is 3. The van der Waals surface area contributed by atoms with Gasteiger partial charge in [0.2, 0.25) is 6.79 Å². The molecule has 1 amide bonds. The van der Waals surface area contributed by atoms with Crippen molar-refractivity contribution in [2.45, 2.75) is 0 Å². The molecule has 8 heteroatoms. The summed E-state index contributed by atoms with van der Waals surface area (Å²) >= 11 is 0. The van der Waals surface area contributed by atoms with Crippen molar-refractivity contribution in [3.63, 3.8) is 0 Å². The number of nitriles is 1. The van der Waals surface area contributed by atoms with Crippen molar-refractivity contribution in [2.75, 3.05) is 17.4 Å². The van der Waals surface area contributed by atoms with E-state index < -0.39 is 5.91 Å². The topological polar surface area (TPSA) is 109 Å². The van der Waals surface area contributed by atoms with Gasteiger partial charge in [-0.25, -0.2) is 0 Å². The monoisotopic (exact) mass is 359 g/mol.